The van der Waals surface area contributed by atoms with E-state index in [9.17, 15) is 9.90 Å². The maximum absolute atomic E-state index is 12.4. The van der Waals surface area contributed by atoms with Crippen LogP contribution in [0.25, 0.3) is 0 Å². The van der Waals surface area contributed by atoms with Gasteiger partial charge in [-0.2, -0.15) is 0 Å². The van der Waals surface area contributed by atoms with Crippen LogP contribution in [-0.4, -0.2) is 54.7 Å². The fourth-order valence-electron chi connectivity index (χ4n) is 4.07. The van der Waals surface area contributed by atoms with Crippen LogP contribution in [0.15, 0.2) is 24.3 Å². The van der Waals surface area contributed by atoms with Crippen LogP contribution in [0.2, 0.25) is 0 Å². The number of benzene rings is 1. The molecule has 1 saturated carbocycles. The molecule has 0 aromatic heterocycles. The van der Waals surface area contributed by atoms with Gasteiger partial charge < -0.3 is 15.3 Å². The number of phenolic OH excluding ortho intramolecular Hbond substituents is 1. The lowest BCUT2D eigenvalue weighted by Crippen LogP contribution is -2.52. The lowest BCUT2D eigenvalue weighted by Gasteiger charge is -2.37. The Labute approximate surface area is 151 Å². The van der Waals surface area contributed by atoms with Crippen molar-refractivity contribution < 1.29 is 9.90 Å². The molecule has 3 rings (SSSR count). The number of carbonyl (C=O) groups is 1. The second-order valence-corrected chi connectivity index (χ2v) is 7.72. The fourth-order valence-corrected chi connectivity index (χ4v) is 4.07. The Morgan fingerprint density at radius 1 is 1.12 bits per heavy atom. The van der Waals surface area contributed by atoms with E-state index in [4.69, 9.17) is 0 Å². The number of anilines is 1. The number of phenols is 1. The molecule has 3 atom stereocenters. The van der Waals surface area contributed by atoms with Crippen LogP contribution in [0.3, 0.4) is 0 Å². The van der Waals surface area contributed by atoms with Gasteiger partial charge in [0.15, 0.2) is 0 Å². The van der Waals surface area contributed by atoms with Gasteiger partial charge in [0.05, 0.1) is 6.54 Å². The van der Waals surface area contributed by atoms with Crippen molar-refractivity contribution in [2.45, 2.75) is 39.2 Å². The molecule has 2 fully saturated rings. The summed E-state index contributed by atoms with van der Waals surface area (Å²) >= 11 is 0. The molecule has 1 aliphatic carbocycles. The van der Waals surface area contributed by atoms with Gasteiger partial charge in [-0.15, -0.1) is 0 Å². The molecule has 1 heterocycles. The molecule has 0 unspecified atom stereocenters. The fraction of sp³-hybridized carbons (Fsp3) is 0.650. The first-order valence-electron chi connectivity index (χ1n) is 9.58. The zero-order valence-electron chi connectivity index (χ0n) is 15.4. The van der Waals surface area contributed by atoms with Crippen molar-refractivity contribution >= 4 is 11.6 Å². The summed E-state index contributed by atoms with van der Waals surface area (Å²) in [5.41, 5.74) is 1.13. The van der Waals surface area contributed by atoms with Gasteiger partial charge in [0.1, 0.15) is 5.75 Å². The molecule has 1 saturated heterocycles. The second kappa shape index (κ2) is 8.09. The van der Waals surface area contributed by atoms with E-state index in [1.807, 2.05) is 12.1 Å². The average Bonchev–Trinajstić information content (AvgIpc) is 2.60. The summed E-state index contributed by atoms with van der Waals surface area (Å²) in [5.74, 6) is 1.74. The van der Waals surface area contributed by atoms with Gasteiger partial charge in [0.2, 0.25) is 5.91 Å². The highest BCUT2D eigenvalue weighted by Gasteiger charge is 2.28. The van der Waals surface area contributed by atoms with E-state index in [2.05, 4.69) is 29.0 Å². The van der Waals surface area contributed by atoms with Crippen molar-refractivity contribution in [3.63, 3.8) is 0 Å². The molecular weight excluding hydrogens is 314 g/mol. The molecular formula is C20H31N3O2. The number of hydrogen-bond acceptors (Lipinski definition) is 4. The van der Waals surface area contributed by atoms with E-state index in [-0.39, 0.29) is 5.91 Å². The van der Waals surface area contributed by atoms with Gasteiger partial charge in [-0.1, -0.05) is 26.7 Å². The Balaban J connectivity index is 1.44. The minimum Gasteiger partial charge on any atom is -0.508 e. The van der Waals surface area contributed by atoms with E-state index in [0.717, 1.165) is 38.3 Å². The van der Waals surface area contributed by atoms with Crippen LogP contribution in [-0.2, 0) is 4.79 Å². The van der Waals surface area contributed by atoms with E-state index < -0.39 is 0 Å². The number of rotatable bonds is 4. The molecule has 25 heavy (non-hydrogen) atoms. The van der Waals surface area contributed by atoms with E-state index >= 15 is 0 Å². The predicted octanol–water partition coefficient (Wildman–Crippen LogP) is 2.46. The summed E-state index contributed by atoms with van der Waals surface area (Å²) in [5, 5.41) is 12.7. The third kappa shape index (κ3) is 4.66. The largest absolute Gasteiger partial charge is 0.508 e. The predicted molar refractivity (Wildman–Crippen MR) is 101 cm³/mol. The SMILES string of the molecule is C[C@H]1[C@@H](NC(=O)CN2CCN(c3ccc(O)cc3)CC2)CCC[C@@H]1C. The number of aromatic hydroxyl groups is 1. The van der Waals surface area contributed by atoms with Gasteiger partial charge in [0, 0.05) is 37.9 Å². The van der Waals surface area contributed by atoms with Gasteiger partial charge in [-0.25, -0.2) is 0 Å². The summed E-state index contributed by atoms with van der Waals surface area (Å²) < 4.78 is 0. The van der Waals surface area contributed by atoms with Gasteiger partial charge in [-0.3, -0.25) is 9.69 Å². The number of amides is 1. The van der Waals surface area contributed by atoms with Crippen LogP contribution < -0.4 is 10.2 Å². The highest BCUT2D eigenvalue weighted by Crippen LogP contribution is 2.29. The zero-order chi connectivity index (χ0) is 17.8. The number of nitrogens with zero attached hydrogens (tertiary/aromatic N) is 2. The minimum atomic E-state index is 0.170. The molecule has 2 N–H and O–H groups in total. The lowest BCUT2D eigenvalue weighted by molar-refractivity contribution is -0.123. The van der Waals surface area contributed by atoms with Crippen molar-refractivity contribution in [3.05, 3.63) is 24.3 Å². The summed E-state index contributed by atoms with van der Waals surface area (Å²) in [4.78, 5) is 17.0. The first kappa shape index (κ1) is 18.1. The molecule has 5 heteroatoms. The number of piperazine rings is 1. The molecule has 1 amide bonds. The Bertz CT molecular complexity index is 567. The topological polar surface area (TPSA) is 55.8 Å². The van der Waals surface area contributed by atoms with Gasteiger partial charge in [0.25, 0.3) is 0 Å². The number of hydrogen-bond donors (Lipinski definition) is 2. The normalized spacial score (nSPS) is 27.9. The number of nitrogens with one attached hydrogen (secondary N) is 1. The van der Waals surface area contributed by atoms with Crippen LogP contribution >= 0.6 is 0 Å². The quantitative estimate of drug-likeness (QED) is 0.880. The summed E-state index contributed by atoms with van der Waals surface area (Å²) in [6.45, 7) is 8.68. The van der Waals surface area contributed by atoms with Crippen molar-refractivity contribution in [1.29, 1.82) is 0 Å². The molecule has 0 spiro atoms. The smallest absolute Gasteiger partial charge is 0.234 e. The highest BCUT2D eigenvalue weighted by atomic mass is 16.3. The first-order valence-corrected chi connectivity index (χ1v) is 9.58. The molecule has 5 nitrogen and oxygen atoms in total. The average molecular weight is 345 g/mol. The second-order valence-electron chi connectivity index (χ2n) is 7.72. The van der Waals surface area contributed by atoms with E-state index in [1.165, 1.54) is 12.8 Å². The third-order valence-corrected chi connectivity index (χ3v) is 6.01. The van der Waals surface area contributed by atoms with Crippen molar-refractivity contribution in [3.8, 4) is 5.75 Å². The van der Waals surface area contributed by atoms with Crippen molar-refractivity contribution in [1.82, 2.24) is 10.2 Å². The van der Waals surface area contributed by atoms with Crippen molar-refractivity contribution in [2.75, 3.05) is 37.6 Å². The first-order chi connectivity index (χ1) is 12.0. The lowest BCUT2D eigenvalue weighted by atomic mass is 9.78. The Morgan fingerprint density at radius 2 is 1.80 bits per heavy atom. The molecule has 1 aliphatic heterocycles. The third-order valence-electron chi connectivity index (χ3n) is 6.01. The molecule has 0 bridgehead atoms. The van der Waals surface area contributed by atoms with Crippen LogP contribution in [0, 0.1) is 11.8 Å². The van der Waals surface area contributed by atoms with Crippen LogP contribution in [0.1, 0.15) is 33.1 Å². The monoisotopic (exact) mass is 345 g/mol. The minimum absolute atomic E-state index is 0.170. The maximum Gasteiger partial charge on any atom is 0.234 e. The summed E-state index contributed by atoms with van der Waals surface area (Å²) in [6, 6.07) is 7.69. The van der Waals surface area contributed by atoms with Gasteiger partial charge in [-0.05, 0) is 42.5 Å². The van der Waals surface area contributed by atoms with Crippen LogP contribution in [0.5, 0.6) is 5.75 Å². The maximum atomic E-state index is 12.4. The van der Waals surface area contributed by atoms with E-state index in [0.29, 0.717) is 30.2 Å². The highest BCUT2D eigenvalue weighted by molar-refractivity contribution is 5.78. The molecule has 138 valence electrons. The zero-order valence-corrected chi connectivity index (χ0v) is 15.4. The standard InChI is InChI=1S/C20H31N3O2/c1-15-4-3-5-19(16(15)2)21-20(25)14-22-10-12-23(13-11-22)17-6-8-18(24)9-7-17/h6-9,15-16,19,24H,3-5,10-14H2,1-2H3,(H,21,25)/t15-,16+,19-/m0/s1. The molecule has 2 aliphatic rings. The van der Waals surface area contributed by atoms with Gasteiger partial charge >= 0.3 is 0 Å². The summed E-state index contributed by atoms with van der Waals surface area (Å²) in [6.07, 6.45) is 3.63. The van der Waals surface area contributed by atoms with Crippen molar-refractivity contribution in [2.24, 2.45) is 11.8 Å². The van der Waals surface area contributed by atoms with E-state index in [1.54, 1.807) is 12.1 Å². The number of carbonyl (C=O) groups excluding carboxylic acids is 1. The Hall–Kier alpha value is -1.75. The Morgan fingerprint density at radius 3 is 2.48 bits per heavy atom. The van der Waals surface area contributed by atoms with Crippen LogP contribution in [0.4, 0.5) is 5.69 Å². The molecule has 0 radical (unpaired) electrons. The molecule has 1 aromatic rings. The Kier molecular flexibility index (Phi) is 5.84. The molecule has 1 aromatic carbocycles. The summed E-state index contributed by atoms with van der Waals surface area (Å²) in [7, 11) is 0.